The number of fused-ring (bicyclic) bond motifs is 1. The number of nitrogens with one attached hydrogen (secondary N) is 1. The maximum Gasteiger partial charge on any atom is 0.409 e. The van der Waals surface area contributed by atoms with Gasteiger partial charge < -0.3 is 15.2 Å². The quantitative estimate of drug-likeness (QED) is 0.687. The van der Waals surface area contributed by atoms with Gasteiger partial charge in [0.2, 0.25) is 0 Å². The molecule has 31 heavy (non-hydrogen) atoms. The van der Waals surface area contributed by atoms with Crippen molar-refractivity contribution in [2.24, 2.45) is 0 Å². The van der Waals surface area contributed by atoms with Gasteiger partial charge in [-0.05, 0) is 63.4 Å². The van der Waals surface area contributed by atoms with Crippen molar-refractivity contribution in [2.75, 3.05) is 0 Å². The first-order valence-corrected chi connectivity index (χ1v) is 9.85. The Hall–Kier alpha value is -3.68. The lowest BCUT2D eigenvalue weighted by Gasteiger charge is -2.29. The molecule has 1 unspecified atom stereocenters. The minimum atomic E-state index is -1.05. The largest absolute Gasteiger partial charge is 0.478 e. The Morgan fingerprint density at radius 2 is 1.65 bits per heavy atom. The highest BCUT2D eigenvalue weighted by Gasteiger charge is 2.40. The van der Waals surface area contributed by atoms with Crippen molar-refractivity contribution in [2.45, 2.75) is 45.4 Å². The monoisotopic (exact) mass is 424 g/mol. The van der Waals surface area contributed by atoms with Gasteiger partial charge in [0.05, 0.1) is 16.7 Å². The number of benzene rings is 2. The maximum absolute atomic E-state index is 12.9. The van der Waals surface area contributed by atoms with Gasteiger partial charge in [0.15, 0.2) is 0 Å². The molecule has 8 heteroatoms. The second kappa shape index (κ2) is 8.59. The van der Waals surface area contributed by atoms with Gasteiger partial charge in [0.1, 0.15) is 11.8 Å². The van der Waals surface area contributed by atoms with Crippen LogP contribution in [0.1, 0.15) is 63.8 Å². The highest BCUT2D eigenvalue weighted by Crippen LogP contribution is 2.25. The third-order valence-corrected chi connectivity index (χ3v) is 4.70. The predicted molar refractivity (Wildman–Crippen MR) is 112 cm³/mol. The van der Waals surface area contributed by atoms with E-state index in [0.29, 0.717) is 12.0 Å². The number of carbonyl (C=O) groups is 4. The van der Waals surface area contributed by atoms with Crippen molar-refractivity contribution in [1.29, 1.82) is 0 Å². The van der Waals surface area contributed by atoms with E-state index in [-0.39, 0.29) is 23.1 Å². The van der Waals surface area contributed by atoms with E-state index < -0.39 is 35.6 Å². The predicted octanol–water partition coefficient (Wildman–Crippen LogP) is 3.46. The molecule has 0 fully saturated rings. The van der Waals surface area contributed by atoms with Gasteiger partial charge in [0.25, 0.3) is 11.8 Å². The average Bonchev–Trinajstić information content (AvgIpc) is 2.95. The van der Waals surface area contributed by atoms with E-state index in [9.17, 15) is 24.3 Å². The Morgan fingerprint density at radius 1 is 1.03 bits per heavy atom. The van der Waals surface area contributed by atoms with Gasteiger partial charge in [-0.25, -0.2) is 9.59 Å². The molecule has 1 aliphatic rings. The molecular weight excluding hydrogens is 400 g/mol. The summed E-state index contributed by atoms with van der Waals surface area (Å²) in [5, 5.41) is 11.8. The Balaban J connectivity index is 1.84. The van der Waals surface area contributed by atoms with Crippen LogP contribution in [0.4, 0.5) is 4.79 Å². The molecule has 2 N–H and O–H groups in total. The summed E-state index contributed by atoms with van der Waals surface area (Å²) in [6, 6.07) is 12.8. The van der Waals surface area contributed by atoms with Crippen LogP contribution in [0.15, 0.2) is 48.5 Å². The zero-order chi connectivity index (χ0) is 22.8. The van der Waals surface area contributed by atoms with Gasteiger partial charge in [-0.15, -0.1) is 0 Å². The number of carboxylic acids is 1. The zero-order valence-corrected chi connectivity index (χ0v) is 17.5. The van der Waals surface area contributed by atoms with Crippen molar-refractivity contribution in [1.82, 2.24) is 10.2 Å². The Bertz CT molecular complexity index is 1010. The fraction of sp³-hybridized carbons (Fsp3) is 0.304. The van der Waals surface area contributed by atoms with Crippen LogP contribution in [0.3, 0.4) is 0 Å². The van der Waals surface area contributed by atoms with Crippen LogP contribution in [0, 0.1) is 0 Å². The lowest BCUT2D eigenvalue weighted by Crippen LogP contribution is -2.52. The molecule has 1 heterocycles. The van der Waals surface area contributed by atoms with Gasteiger partial charge in [-0.3, -0.25) is 14.5 Å². The summed E-state index contributed by atoms with van der Waals surface area (Å²) >= 11 is 0. The molecule has 0 radical (unpaired) electrons. The van der Waals surface area contributed by atoms with Gasteiger partial charge in [-0.2, -0.15) is 0 Å². The van der Waals surface area contributed by atoms with E-state index in [1.807, 2.05) is 0 Å². The van der Waals surface area contributed by atoms with E-state index in [1.165, 1.54) is 12.1 Å². The number of carbonyl (C=O) groups excluding carboxylic acids is 3. The highest BCUT2D eigenvalue weighted by molar-refractivity contribution is 6.21. The topological polar surface area (TPSA) is 113 Å². The number of nitrogens with zero attached hydrogens (tertiary/aromatic N) is 1. The second-order valence-corrected chi connectivity index (χ2v) is 8.23. The van der Waals surface area contributed by atoms with Crippen LogP contribution in [0.5, 0.6) is 0 Å². The summed E-state index contributed by atoms with van der Waals surface area (Å²) in [6.45, 7) is 5.13. The molecule has 1 atom stereocenters. The molecule has 0 bridgehead atoms. The van der Waals surface area contributed by atoms with Crippen molar-refractivity contribution in [3.63, 3.8) is 0 Å². The van der Waals surface area contributed by atoms with Gasteiger partial charge in [-0.1, -0.05) is 24.3 Å². The summed E-state index contributed by atoms with van der Waals surface area (Å²) < 4.78 is 5.30. The Kier molecular flexibility index (Phi) is 6.10. The number of ether oxygens (including phenoxy) is 1. The number of amides is 3. The van der Waals surface area contributed by atoms with E-state index in [0.717, 1.165) is 4.90 Å². The molecule has 1 aliphatic heterocycles. The summed E-state index contributed by atoms with van der Waals surface area (Å²) in [5.41, 5.74) is 0.627. The molecule has 0 spiro atoms. The van der Waals surface area contributed by atoms with Gasteiger partial charge >= 0.3 is 12.1 Å². The van der Waals surface area contributed by atoms with E-state index in [1.54, 1.807) is 57.2 Å². The van der Waals surface area contributed by atoms with Gasteiger partial charge in [0, 0.05) is 0 Å². The van der Waals surface area contributed by atoms with Crippen molar-refractivity contribution < 1.29 is 29.0 Å². The van der Waals surface area contributed by atoms with Crippen molar-refractivity contribution >= 4 is 23.9 Å². The van der Waals surface area contributed by atoms with E-state index in [2.05, 4.69) is 5.32 Å². The molecule has 162 valence electrons. The minimum absolute atomic E-state index is 0.134. The van der Waals surface area contributed by atoms with Crippen molar-refractivity contribution in [3.8, 4) is 0 Å². The average molecular weight is 424 g/mol. The minimum Gasteiger partial charge on any atom is -0.478 e. The number of alkyl carbamates (subject to hydrolysis) is 1. The molecule has 2 aromatic rings. The first-order valence-electron chi connectivity index (χ1n) is 9.85. The lowest BCUT2D eigenvalue weighted by molar-refractivity contribution is 0.0378. The number of rotatable bonds is 6. The molecule has 2 aromatic carbocycles. The summed E-state index contributed by atoms with van der Waals surface area (Å²) in [7, 11) is 0. The fourth-order valence-corrected chi connectivity index (χ4v) is 3.36. The lowest BCUT2D eigenvalue weighted by atomic mass is 10.0. The first-order chi connectivity index (χ1) is 14.6. The van der Waals surface area contributed by atoms with Crippen molar-refractivity contribution in [3.05, 3.63) is 70.8 Å². The number of hydrogen-bond acceptors (Lipinski definition) is 5. The zero-order valence-electron chi connectivity index (χ0n) is 17.5. The second-order valence-electron chi connectivity index (χ2n) is 8.23. The molecule has 0 saturated carbocycles. The molecular formula is C23H24N2O6. The third kappa shape index (κ3) is 5.09. The molecule has 3 amide bonds. The SMILES string of the molecule is CC(C)(C)OC(=O)NC(CCc1cccc(C(=O)O)c1)N1C(=O)c2ccccc2C1=O. The van der Waals surface area contributed by atoms with Crippen LogP contribution in [-0.4, -0.2) is 45.7 Å². The standard InChI is InChI=1S/C23H24N2O6/c1-23(2,3)31-22(30)24-18(12-11-14-7-6-8-15(13-14)21(28)29)25-19(26)16-9-4-5-10-17(16)20(25)27/h4-10,13,18H,11-12H2,1-3H3,(H,24,30)(H,28,29). The highest BCUT2D eigenvalue weighted by atomic mass is 16.6. The number of aryl methyl sites for hydroxylation is 1. The number of carboxylic acid groups (broad SMARTS) is 1. The molecule has 0 aliphatic carbocycles. The summed E-state index contributed by atoms with van der Waals surface area (Å²) in [4.78, 5) is 50.5. The Labute approximate surface area is 179 Å². The van der Waals surface area contributed by atoms with Crippen LogP contribution in [0.2, 0.25) is 0 Å². The molecule has 0 saturated heterocycles. The van der Waals surface area contributed by atoms with E-state index in [4.69, 9.17) is 4.74 Å². The normalized spacial score (nSPS) is 14.2. The fourth-order valence-electron chi connectivity index (χ4n) is 3.36. The molecule has 0 aromatic heterocycles. The van der Waals surface area contributed by atoms with Crippen LogP contribution < -0.4 is 5.32 Å². The first kappa shape index (κ1) is 22.0. The maximum atomic E-state index is 12.9. The van der Waals surface area contributed by atoms with Crippen LogP contribution >= 0.6 is 0 Å². The summed E-state index contributed by atoms with van der Waals surface area (Å²) in [5.74, 6) is -2.05. The smallest absolute Gasteiger partial charge is 0.409 e. The van der Waals surface area contributed by atoms with Crippen LogP contribution in [-0.2, 0) is 11.2 Å². The number of imide groups is 1. The Morgan fingerprint density at radius 3 is 2.19 bits per heavy atom. The molecule has 3 rings (SSSR count). The third-order valence-electron chi connectivity index (χ3n) is 4.70. The summed E-state index contributed by atoms with van der Waals surface area (Å²) in [6.07, 6.45) is -1.20. The van der Waals surface area contributed by atoms with E-state index >= 15 is 0 Å². The van der Waals surface area contributed by atoms with Crippen LogP contribution in [0.25, 0.3) is 0 Å². The molecule has 8 nitrogen and oxygen atoms in total. The number of aromatic carboxylic acids is 1. The number of hydrogen-bond donors (Lipinski definition) is 2.